The minimum absolute atomic E-state index is 0.160. The molecule has 34 heavy (non-hydrogen) atoms. The van der Waals surface area contributed by atoms with E-state index in [-0.39, 0.29) is 19.1 Å². The molecule has 3 N–H and O–H groups in total. The van der Waals surface area contributed by atoms with Gasteiger partial charge in [0.1, 0.15) is 5.75 Å². The van der Waals surface area contributed by atoms with Gasteiger partial charge in [0.05, 0.1) is 6.21 Å². The Morgan fingerprint density at radius 3 is 2.50 bits per heavy atom. The van der Waals surface area contributed by atoms with E-state index in [1.54, 1.807) is 24.3 Å². The minimum atomic E-state index is -0.873. The van der Waals surface area contributed by atoms with Crippen LogP contribution in [0.4, 0.5) is 5.69 Å². The van der Waals surface area contributed by atoms with Crippen LogP contribution in [-0.4, -0.2) is 30.5 Å². The van der Waals surface area contributed by atoms with Crippen molar-refractivity contribution < 1.29 is 19.1 Å². The molecule has 3 rings (SSSR count). The normalized spacial score (nSPS) is 10.5. The van der Waals surface area contributed by atoms with Crippen molar-refractivity contribution in [2.45, 2.75) is 20.4 Å². The second kappa shape index (κ2) is 12.0. The number of benzene rings is 3. The number of carbonyl (C=O) groups excluding carboxylic acids is 3. The van der Waals surface area contributed by atoms with Crippen LogP contribution in [0.1, 0.15) is 22.3 Å². The molecule has 3 aromatic carbocycles. The third kappa shape index (κ3) is 7.59. The zero-order valence-corrected chi connectivity index (χ0v) is 19.0. The van der Waals surface area contributed by atoms with Crippen LogP contribution in [0.5, 0.6) is 5.75 Å². The standard InChI is InChI=1S/C26H26N4O4/c1-18-11-12-19(2)23(13-18)29-24(31)17-34-22-10-6-9-21(14-22)16-28-30-26(33)25(32)27-15-20-7-4-3-5-8-20/h3-14,16H,15,17H2,1-2H3,(H,27,32)(H,29,31)(H,30,33)/b28-16-. The third-order valence-electron chi connectivity index (χ3n) is 4.78. The number of nitrogens with one attached hydrogen (secondary N) is 3. The topological polar surface area (TPSA) is 109 Å². The van der Waals surface area contributed by atoms with Gasteiger partial charge in [-0.15, -0.1) is 0 Å². The Morgan fingerprint density at radius 1 is 0.912 bits per heavy atom. The Kier molecular flexibility index (Phi) is 8.51. The number of nitrogens with zero attached hydrogens (tertiary/aromatic N) is 1. The third-order valence-corrected chi connectivity index (χ3v) is 4.78. The summed E-state index contributed by atoms with van der Waals surface area (Å²) in [5.41, 5.74) is 6.46. The lowest BCUT2D eigenvalue weighted by molar-refractivity contribution is -0.139. The highest BCUT2D eigenvalue weighted by Gasteiger charge is 2.12. The van der Waals surface area contributed by atoms with Gasteiger partial charge in [-0.2, -0.15) is 5.10 Å². The summed E-state index contributed by atoms with van der Waals surface area (Å²) >= 11 is 0. The SMILES string of the molecule is Cc1ccc(C)c(NC(=O)COc2cccc(/C=N\NC(=O)C(=O)NCc3ccccc3)c2)c1. The van der Waals surface area contributed by atoms with Crippen molar-refractivity contribution in [3.63, 3.8) is 0 Å². The molecular formula is C26H26N4O4. The molecule has 174 valence electrons. The number of aryl methyl sites for hydroxylation is 2. The first-order valence-corrected chi connectivity index (χ1v) is 10.7. The van der Waals surface area contributed by atoms with E-state index in [0.717, 1.165) is 22.4 Å². The van der Waals surface area contributed by atoms with Crippen molar-refractivity contribution in [1.29, 1.82) is 0 Å². The van der Waals surface area contributed by atoms with Crippen LogP contribution in [0.3, 0.4) is 0 Å². The maximum Gasteiger partial charge on any atom is 0.329 e. The summed E-state index contributed by atoms with van der Waals surface area (Å²) in [6.07, 6.45) is 1.38. The van der Waals surface area contributed by atoms with E-state index in [0.29, 0.717) is 11.3 Å². The summed E-state index contributed by atoms with van der Waals surface area (Å²) in [6.45, 7) is 3.96. The summed E-state index contributed by atoms with van der Waals surface area (Å²) in [4.78, 5) is 36.0. The molecule has 0 saturated heterocycles. The fourth-order valence-corrected chi connectivity index (χ4v) is 2.97. The first kappa shape index (κ1) is 24.2. The highest BCUT2D eigenvalue weighted by atomic mass is 16.5. The van der Waals surface area contributed by atoms with Crippen molar-refractivity contribution in [2.24, 2.45) is 5.10 Å². The molecule has 0 atom stereocenters. The molecule has 8 nitrogen and oxygen atoms in total. The Morgan fingerprint density at radius 2 is 1.71 bits per heavy atom. The van der Waals surface area contributed by atoms with E-state index in [1.165, 1.54) is 6.21 Å². The molecule has 0 unspecified atom stereocenters. The second-order valence-corrected chi connectivity index (χ2v) is 7.60. The molecule has 3 amide bonds. The van der Waals surface area contributed by atoms with Crippen LogP contribution >= 0.6 is 0 Å². The van der Waals surface area contributed by atoms with Crippen LogP contribution in [0.15, 0.2) is 77.9 Å². The maximum absolute atomic E-state index is 12.2. The summed E-state index contributed by atoms with van der Waals surface area (Å²) in [7, 11) is 0. The fourth-order valence-electron chi connectivity index (χ4n) is 2.97. The van der Waals surface area contributed by atoms with Crippen LogP contribution in [-0.2, 0) is 20.9 Å². The Labute approximate surface area is 198 Å². The second-order valence-electron chi connectivity index (χ2n) is 7.60. The van der Waals surface area contributed by atoms with Crippen LogP contribution in [0.25, 0.3) is 0 Å². The summed E-state index contributed by atoms with van der Waals surface area (Å²) in [5.74, 6) is -1.47. The number of carbonyl (C=O) groups is 3. The predicted octanol–water partition coefficient (Wildman–Crippen LogP) is 3.09. The molecule has 0 fully saturated rings. The number of hydrogen-bond acceptors (Lipinski definition) is 5. The van der Waals surface area contributed by atoms with Crippen LogP contribution in [0, 0.1) is 13.8 Å². The number of rotatable bonds is 8. The number of ether oxygens (including phenoxy) is 1. The Balaban J connectivity index is 1.46. The largest absolute Gasteiger partial charge is 0.484 e. The average molecular weight is 459 g/mol. The zero-order valence-electron chi connectivity index (χ0n) is 19.0. The van der Waals surface area contributed by atoms with E-state index in [4.69, 9.17) is 4.74 Å². The molecule has 0 aromatic heterocycles. The minimum Gasteiger partial charge on any atom is -0.484 e. The van der Waals surface area contributed by atoms with Crippen molar-refractivity contribution in [1.82, 2.24) is 10.7 Å². The highest BCUT2D eigenvalue weighted by Crippen LogP contribution is 2.17. The molecule has 0 aliphatic rings. The van der Waals surface area contributed by atoms with E-state index < -0.39 is 11.8 Å². The van der Waals surface area contributed by atoms with Crippen LogP contribution < -0.4 is 20.8 Å². The van der Waals surface area contributed by atoms with Crippen molar-refractivity contribution >= 4 is 29.6 Å². The van der Waals surface area contributed by atoms with Crippen molar-refractivity contribution in [2.75, 3.05) is 11.9 Å². The van der Waals surface area contributed by atoms with Crippen molar-refractivity contribution in [3.8, 4) is 5.75 Å². The monoisotopic (exact) mass is 458 g/mol. The molecular weight excluding hydrogens is 432 g/mol. The van der Waals surface area contributed by atoms with Crippen LogP contribution in [0.2, 0.25) is 0 Å². The molecule has 0 aliphatic carbocycles. The van der Waals surface area contributed by atoms with Gasteiger partial charge in [0.15, 0.2) is 6.61 Å². The summed E-state index contributed by atoms with van der Waals surface area (Å²) < 4.78 is 5.57. The van der Waals surface area contributed by atoms with Gasteiger partial charge in [-0.1, -0.05) is 54.6 Å². The van der Waals surface area contributed by atoms with Gasteiger partial charge < -0.3 is 15.4 Å². The first-order valence-electron chi connectivity index (χ1n) is 10.7. The average Bonchev–Trinajstić information content (AvgIpc) is 2.84. The number of anilines is 1. The predicted molar refractivity (Wildman–Crippen MR) is 131 cm³/mol. The Bertz CT molecular complexity index is 1190. The smallest absolute Gasteiger partial charge is 0.329 e. The number of hydrazone groups is 1. The summed E-state index contributed by atoms with van der Waals surface area (Å²) in [6, 6.07) is 21.9. The van der Waals surface area contributed by atoms with Gasteiger partial charge in [0, 0.05) is 12.2 Å². The van der Waals surface area contributed by atoms with Gasteiger partial charge in [0.25, 0.3) is 5.91 Å². The van der Waals surface area contributed by atoms with Gasteiger partial charge >= 0.3 is 11.8 Å². The molecule has 8 heteroatoms. The molecule has 0 saturated carbocycles. The van der Waals surface area contributed by atoms with Crippen molar-refractivity contribution in [3.05, 3.63) is 95.1 Å². The molecule has 3 aromatic rings. The van der Waals surface area contributed by atoms with Gasteiger partial charge in [-0.05, 0) is 54.3 Å². The van der Waals surface area contributed by atoms with E-state index in [2.05, 4.69) is 21.2 Å². The fraction of sp³-hybridized carbons (Fsp3) is 0.154. The van der Waals surface area contributed by atoms with Gasteiger partial charge in [-0.25, -0.2) is 5.43 Å². The molecule has 0 aliphatic heterocycles. The Hall–Kier alpha value is -4.46. The number of hydrogen-bond donors (Lipinski definition) is 3. The molecule has 0 heterocycles. The quantitative estimate of drug-likeness (QED) is 0.274. The van der Waals surface area contributed by atoms with Gasteiger partial charge in [0.2, 0.25) is 0 Å². The van der Waals surface area contributed by atoms with E-state index in [1.807, 2.05) is 62.4 Å². The molecule has 0 radical (unpaired) electrons. The van der Waals surface area contributed by atoms with E-state index in [9.17, 15) is 14.4 Å². The van der Waals surface area contributed by atoms with Gasteiger partial charge in [-0.3, -0.25) is 14.4 Å². The lowest BCUT2D eigenvalue weighted by Crippen LogP contribution is -2.37. The molecule has 0 spiro atoms. The summed E-state index contributed by atoms with van der Waals surface area (Å²) in [5, 5.41) is 9.17. The lowest BCUT2D eigenvalue weighted by atomic mass is 10.1. The first-order chi connectivity index (χ1) is 16.4. The lowest BCUT2D eigenvalue weighted by Gasteiger charge is -2.10. The maximum atomic E-state index is 12.2. The highest BCUT2D eigenvalue weighted by molar-refractivity contribution is 6.35. The number of amides is 3. The zero-order chi connectivity index (χ0) is 24.3. The van der Waals surface area contributed by atoms with E-state index >= 15 is 0 Å². The molecule has 0 bridgehead atoms.